The number of hydrogen-bond acceptors (Lipinski definition) is 3. The van der Waals surface area contributed by atoms with Gasteiger partial charge >= 0.3 is 0 Å². The van der Waals surface area contributed by atoms with Crippen LogP contribution in [0.3, 0.4) is 0 Å². The molecule has 142 valence electrons. The minimum absolute atomic E-state index is 0.103. The van der Waals surface area contributed by atoms with Gasteiger partial charge in [0.05, 0.1) is 6.04 Å². The summed E-state index contributed by atoms with van der Waals surface area (Å²) in [5, 5.41) is 2.97. The SMILES string of the molecule is Cc1cccc(CNC(=O)[C@@H]2CCCN2C(=O)C(N)Cc2ccccc2)c1. The number of benzene rings is 2. The van der Waals surface area contributed by atoms with E-state index in [0.29, 0.717) is 25.9 Å². The number of likely N-dealkylation sites (tertiary alicyclic amines) is 1. The molecule has 3 rings (SSSR count). The fraction of sp³-hybridized carbons (Fsp3) is 0.364. The van der Waals surface area contributed by atoms with Gasteiger partial charge in [-0.2, -0.15) is 0 Å². The van der Waals surface area contributed by atoms with Gasteiger partial charge in [0.15, 0.2) is 0 Å². The summed E-state index contributed by atoms with van der Waals surface area (Å²) in [7, 11) is 0. The highest BCUT2D eigenvalue weighted by Crippen LogP contribution is 2.19. The summed E-state index contributed by atoms with van der Waals surface area (Å²) in [4.78, 5) is 27.1. The number of nitrogens with zero attached hydrogens (tertiary/aromatic N) is 1. The molecule has 5 nitrogen and oxygen atoms in total. The quantitative estimate of drug-likeness (QED) is 0.824. The second-order valence-electron chi connectivity index (χ2n) is 7.19. The van der Waals surface area contributed by atoms with E-state index in [1.165, 1.54) is 0 Å². The summed E-state index contributed by atoms with van der Waals surface area (Å²) in [5.74, 6) is -0.249. The number of aryl methyl sites for hydroxylation is 1. The Morgan fingerprint density at radius 3 is 2.63 bits per heavy atom. The van der Waals surface area contributed by atoms with Crippen molar-refractivity contribution in [2.75, 3.05) is 6.54 Å². The molecule has 27 heavy (non-hydrogen) atoms. The van der Waals surface area contributed by atoms with Crippen LogP contribution in [0.4, 0.5) is 0 Å². The minimum atomic E-state index is -0.627. The van der Waals surface area contributed by atoms with Gasteiger partial charge in [0.1, 0.15) is 6.04 Å². The van der Waals surface area contributed by atoms with E-state index in [9.17, 15) is 9.59 Å². The van der Waals surface area contributed by atoms with Gasteiger partial charge in [0, 0.05) is 13.1 Å². The molecule has 2 atom stereocenters. The van der Waals surface area contributed by atoms with Gasteiger partial charge in [-0.25, -0.2) is 0 Å². The van der Waals surface area contributed by atoms with Crippen LogP contribution in [0.25, 0.3) is 0 Å². The van der Waals surface area contributed by atoms with Crippen LogP contribution in [-0.2, 0) is 22.6 Å². The molecule has 0 radical (unpaired) electrons. The van der Waals surface area contributed by atoms with E-state index in [-0.39, 0.29) is 11.8 Å². The van der Waals surface area contributed by atoms with Crippen molar-refractivity contribution in [1.82, 2.24) is 10.2 Å². The number of rotatable bonds is 6. The molecule has 5 heteroatoms. The molecule has 1 heterocycles. The van der Waals surface area contributed by atoms with Gasteiger partial charge in [-0.15, -0.1) is 0 Å². The average Bonchev–Trinajstić information content (AvgIpc) is 3.16. The summed E-state index contributed by atoms with van der Waals surface area (Å²) in [6.07, 6.45) is 1.99. The van der Waals surface area contributed by atoms with Crippen molar-refractivity contribution < 1.29 is 9.59 Å². The zero-order chi connectivity index (χ0) is 19.2. The molecule has 0 spiro atoms. The summed E-state index contributed by atoms with van der Waals surface area (Å²) < 4.78 is 0. The highest BCUT2D eigenvalue weighted by atomic mass is 16.2. The summed E-state index contributed by atoms with van der Waals surface area (Å²) >= 11 is 0. The number of nitrogens with one attached hydrogen (secondary N) is 1. The monoisotopic (exact) mass is 365 g/mol. The molecular weight excluding hydrogens is 338 g/mol. The van der Waals surface area contributed by atoms with Gasteiger partial charge in [-0.3, -0.25) is 9.59 Å². The molecule has 0 aromatic heterocycles. The standard InChI is InChI=1S/C22H27N3O2/c1-16-7-5-10-18(13-16)15-24-21(26)20-11-6-12-25(20)22(27)19(23)14-17-8-3-2-4-9-17/h2-5,7-10,13,19-20H,6,11-12,14-15,23H2,1H3,(H,24,26)/t19?,20-/m0/s1. The first kappa shape index (κ1) is 19.1. The van der Waals surface area contributed by atoms with Gasteiger partial charge in [0.2, 0.25) is 11.8 Å². The lowest BCUT2D eigenvalue weighted by molar-refractivity contribution is -0.139. The van der Waals surface area contributed by atoms with Crippen LogP contribution in [0.5, 0.6) is 0 Å². The Kier molecular flexibility index (Phi) is 6.24. The molecule has 2 aromatic rings. The first-order chi connectivity index (χ1) is 13.0. The molecule has 0 saturated carbocycles. The predicted octanol–water partition coefficient (Wildman–Crippen LogP) is 2.17. The number of carbonyl (C=O) groups is 2. The first-order valence-electron chi connectivity index (χ1n) is 9.48. The van der Waals surface area contributed by atoms with E-state index < -0.39 is 12.1 Å². The van der Waals surface area contributed by atoms with Crippen molar-refractivity contribution in [3.05, 3.63) is 71.3 Å². The second-order valence-corrected chi connectivity index (χ2v) is 7.19. The molecule has 1 aliphatic heterocycles. The molecule has 1 fully saturated rings. The van der Waals surface area contributed by atoms with E-state index in [1.54, 1.807) is 4.90 Å². The zero-order valence-corrected chi connectivity index (χ0v) is 15.7. The van der Waals surface area contributed by atoms with Crippen molar-refractivity contribution in [1.29, 1.82) is 0 Å². The van der Waals surface area contributed by atoms with Crippen molar-refractivity contribution in [2.45, 2.75) is 44.8 Å². The third-order valence-corrected chi connectivity index (χ3v) is 5.00. The first-order valence-corrected chi connectivity index (χ1v) is 9.48. The molecule has 0 aliphatic carbocycles. The van der Waals surface area contributed by atoms with Crippen LogP contribution >= 0.6 is 0 Å². The van der Waals surface area contributed by atoms with Gasteiger partial charge in [0.25, 0.3) is 0 Å². The molecule has 1 saturated heterocycles. The Hall–Kier alpha value is -2.66. The predicted molar refractivity (Wildman–Crippen MR) is 106 cm³/mol. The fourth-order valence-corrected chi connectivity index (χ4v) is 3.60. The normalized spacial score (nSPS) is 17.6. The van der Waals surface area contributed by atoms with E-state index >= 15 is 0 Å². The highest BCUT2D eigenvalue weighted by Gasteiger charge is 2.35. The lowest BCUT2D eigenvalue weighted by Gasteiger charge is -2.26. The van der Waals surface area contributed by atoms with E-state index in [4.69, 9.17) is 5.73 Å². The number of amides is 2. The minimum Gasteiger partial charge on any atom is -0.350 e. The summed E-state index contributed by atoms with van der Waals surface area (Å²) in [6, 6.07) is 16.7. The van der Waals surface area contributed by atoms with Crippen molar-refractivity contribution >= 4 is 11.8 Å². The van der Waals surface area contributed by atoms with Gasteiger partial charge in [-0.1, -0.05) is 60.2 Å². The lowest BCUT2D eigenvalue weighted by atomic mass is 10.1. The Bertz CT molecular complexity index is 791. The van der Waals surface area contributed by atoms with E-state index in [2.05, 4.69) is 5.32 Å². The molecule has 3 N–H and O–H groups in total. The average molecular weight is 365 g/mol. The maximum Gasteiger partial charge on any atom is 0.243 e. The number of carbonyl (C=O) groups excluding carboxylic acids is 2. The van der Waals surface area contributed by atoms with Crippen LogP contribution in [0.1, 0.15) is 29.5 Å². The third-order valence-electron chi connectivity index (χ3n) is 5.00. The smallest absolute Gasteiger partial charge is 0.243 e. The molecule has 0 bridgehead atoms. The molecule has 1 aliphatic rings. The Morgan fingerprint density at radius 2 is 1.89 bits per heavy atom. The van der Waals surface area contributed by atoms with E-state index in [0.717, 1.165) is 23.1 Å². The summed E-state index contributed by atoms with van der Waals surface area (Å²) in [5.41, 5.74) is 9.39. The third kappa shape index (κ3) is 4.95. The highest BCUT2D eigenvalue weighted by molar-refractivity contribution is 5.90. The fourth-order valence-electron chi connectivity index (χ4n) is 3.60. The lowest BCUT2D eigenvalue weighted by Crippen LogP contribution is -2.51. The maximum absolute atomic E-state index is 12.8. The molecule has 2 aromatic carbocycles. The van der Waals surface area contributed by atoms with Crippen LogP contribution in [0.15, 0.2) is 54.6 Å². The topological polar surface area (TPSA) is 75.4 Å². The largest absolute Gasteiger partial charge is 0.350 e. The second kappa shape index (κ2) is 8.82. The van der Waals surface area contributed by atoms with Gasteiger partial charge in [-0.05, 0) is 37.3 Å². The maximum atomic E-state index is 12.8. The molecule has 2 amide bonds. The molecule has 1 unspecified atom stereocenters. The number of hydrogen-bond donors (Lipinski definition) is 2. The van der Waals surface area contributed by atoms with Crippen molar-refractivity contribution in [3.63, 3.8) is 0 Å². The zero-order valence-electron chi connectivity index (χ0n) is 15.7. The van der Waals surface area contributed by atoms with Crippen molar-refractivity contribution in [2.24, 2.45) is 5.73 Å². The van der Waals surface area contributed by atoms with Gasteiger partial charge < -0.3 is 16.0 Å². The van der Waals surface area contributed by atoms with Crippen LogP contribution in [0.2, 0.25) is 0 Å². The van der Waals surface area contributed by atoms with E-state index in [1.807, 2.05) is 61.5 Å². The Morgan fingerprint density at radius 1 is 1.15 bits per heavy atom. The van der Waals surface area contributed by atoms with Crippen molar-refractivity contribution in [3.8, 4) is 0 Å². The Balaban J connectivity index is 1.58. The van der Waals surface area contributed by atoms with Crippen LogP contribution < -0.4 is 11.1 Å². The summed E-state index contributed by atoms with van der Waals surface area (Å²) in [6.45, 7) is 3.08. The number of nitrogens with two attached hydrogens (primary N) is 1. The van der Waals surface area contributed by atoms with Crippen LogP contribution in [0, 0.1) is 6.92 Å². The molecular formula is C22H27N3O2. The van der Waals surface area contributed by atoms with Crippen LogP contribution in [-0.4, -0.2) is 35.3 Å². The Labute approximate surface area is 160 Å².